The number of methoxy groups -OCH3 is 1. The van der Waals surface area contributed by atoms with Crippen molar-refractivity contribution in [3.63, 3.8) is 0 Å². The Bertz CT molecular complexity index is 510. The Labute approximate surface area is 133 Å². The van der Waals surface area contributed by atoms with E-state index >= 15 is 0 Å². The summed E-state index contributed by atoms with van der Waals surface area (Å²) in [5.41, 5.74) is 0.809. The number of alkyl halides is 1. The van der Waals surface area contributed by atoms with Crippen molar-refractivity contribution in [1.82, 2.24) is 5.32 Å². The van der Waals surface area contributed by atoms with Crippen LogP contribution in [-0.4, -0.2) is 34.7 Å². The third-order valence-corrected chi connectivity index (χ3v) is 4.49. The van der Waals surface area contributed by atoms with Gasteiger partial charge in [0.1, 0.15) is 0 Å². The number of aromatic hydroxyl groups is 1. The number of phenolic OH excluding ortho intramolecular Hbond substituents is 1. The summed E-state index contributed by atoms with van der Waals surface area (Å²) in [5.74, 6) is 0.103. The average Bonchev–Trinajstić information content (AvgIpc) is 2.47. The van der Waals surface area contributed by atoms with E-state index in [2.05, 4.69) is 5.32 Å². The first-order valence-corrected chi connectivity index (χ1v) is 8.73. The van der Waals surface area contributed by atoms with E-state index in [1.165, 1.54) is 13.2 Å². The Morgan fingerprint density at radius 1 is 1.57 bits per heavy atom. The summed E-state index contributed by atoms with van der Waals surface area (Å²) in [4.78, 5) is 11.4. The number of carbonyl (C=O) groups excluding carboxylic acids is 1. The number of halogens is 1. The van der Waals surface area contributed by atoms with Gasteiger partial charge < -0.3 is 0 Å². The summed E-state index contributed by atoms with van der Waals surface area (Å²) >= 11 is -0.704. The maximum absolute atomic E-state index is 11.4. The Hall–Kier alpha value is -1.55. The number of carbonyl (C=O) groups is 1. The van der Waals surface area contributed by atoms with Gasteiger partial charge in [-0.15, -0.1) is 0 Å². The van der Waals surface area contributed by atoms with Gasteiger partial charge in [-0.1, -0.05) is 0 Å². The summed E-state index contributed by atoms with van der Waals surface area (Å²) < 4.78 is 15.5. The van der Waals surface area contributed by atoms with Gasteiger partial charge in [0.05, 0.1) is 0 Å². The van der Waals surface area contributed by atoms with E-state index in [-0.39, 0.29) is 21.3 Å². The third-order valence-electron chi connectivity index (χ3n) is 2.62. The molecule has 0 saturated heterocycles. The molecule has 0 saturated carbocycles. The van der Waals surface area contributed by atoms with Gasteiger partial charge in [0.15, 0.2) is 0 Å². The number of benzene rings is 1. The fourth-order valence-corrected chi connectivity index (χ4v) is 2.92. The molecule has 1 aromatic rings. The van der Waals surface area contributed by atoms with Crippen molar-refractivity contribution >= 4 is 12.0 Å². The van der Waals surface area contributed by atoms with Gasteiger partial charge in [-0.2, -0.15) is 0 Å². The van der Waals surface area contributed by atoms with Crippen molar-refractivity contribution in [2.45, 2.75) is 17.3 Å². The standard InChI is InChI=1S/C13H19IN3O4/c1-3-17-13(19)21-11-7-8(4-5-10(11)18)6-9(14-16)12(15)20-2/h4-5,7,9,15,18H,3,6,16H2,1-2H3,(H,17,19)/q-1/t9-/m0/s1. The van der Waals surface area contributed by atoms with E-state index in [0.717, 1.165) is 5.56 Å². The number of amides is 1. The van der Waals surface area contributed by atoms with Crippen molar-refractivity contribution in [2.24, 2.45) is 3.95 Å². The molecule has 0 aromatic heterocycles. The Kier molecular flexibility index (Phi) is 7.23. The first-order valence-electron chi connectivity index (χ1n) is 6.23. The van der Waals surface area contributed by atoms with Crippen molar-refractivity contribution in [1.29, 1.82) is 5.41 Å². The van der Waals surface area contributed by atoms with Crippen LogP contribution >= 0.6 is 0 Å². The molecular weight excluding hydrogens is 389 g/mol. The van der Waals surface area contributed by atoms with Crippen molar-refractivity contribution < 1.29 is 40.9 Å². The molecule has 0 spiro atoms. The second-order valence-electron chi connectivity index (χ2n) is 4.09. The molecule has 1 amide bonds. The fourth-order valence-electron chi connectivity index (χ4n) is 1.58. The molecule has 1 rings (SSSR count). The van der Waals surface area contributed by atoms with Crippen LogP contribution < -0.4 is 35.5 Å². The summed E-state index contributed by atoms with van der Waals surface area (Å²) in [6.45, 7) is 2.20. The Balaban J connectivity index is 2.85. The maximum atomic E-state index is 11.4. The van der Waals surface area contributed by atoms with Crippen molar-refractivity contribution in [2.75, 3.05) is 13.7 Å². The molecule has 0 aliphatic rings. The van der Waals surface area contributed by atoms with Crippen LogP contribution in [-0.2, 0) is 11.2 Å². The molecule has 1 atom stereocenters. The minimum absolute atomic E-state index is 0.0800. The number of hydrogen-bond donors (Lipinski definition) is 4. The first-order chi connectivity index (χ1) is 10.0. The number of hydrogen-bond acceptors (Lipinski definition) is 6. The quantitative estimate of drug-likeness (QED) is 0.143. The Morgan fingerprint density at radius 2 is 2.29 bits per heavy atom. The molecule has 0 fully saturated rings. The van der Waals surface area contributed by atoms with Crippen LogP contribution in [0.5, 0.6) is 11.5 Å². The molecular formula is C13H19IN3O4-. The average molecular weight is 408 g/mol. The molecule has 7 nitrogen and oxygen atoms in total. The van der Waals surface area contributed by atoms with Crippen LogP contribution in [0.1, 0.15) is 12.5 Å². The Morgan fingerprint density at radius 3 is 2.86 bits per heavy atom. The molecule has 5 N–H and O–H groups in total. The molecule has 0 radical (unpaired) electrons. The van der Waals surface area contributed by atoms with Crippen LogP contribution in [0, 0.1) is 5.41 Å². The van der Waals surface area contributed by atoms with Gasteiger partial charge in [0.2, 0.25) is 0 Å². The SMILES string of the molecule is CCNC(=O)Oc1cc(C[C@H]([I-]N)C(=N)OC)ccc1O. The molecule has 1 aromatic carbocycles. The van der Waals surface area contributed by atoms with Crippen LogP contribution in [0.3, 0.4) is 0 Å². The monoisotopic (exact) mass is 408 g/mol. The van der Waals surface area contributed by atoms with Crippen molar-refractivity contribution in [3.8, 4) is 11.5 Å². The van der Waals surface area contributed by atoms with Gasteiger partial charge in [-0.25, -0.2) is 0 Å². The summed E-state index contributed by atoms with van der Waals surface area (Å²) in [5, 5.41) is 19.9. The molecule has 118 valence electrons. The van der Waals surface area contributed by atoms with E-state index in [1.807, 2.05) is 0 Å². The topological polar surface area (TPSA) is 118 Å². The summed E-state index contributed by atoms with van der Waals surface area (Å²) in [7, 11) is 1.44. The molecule has 21 heavy (non-hydrogen) atoms. The van der Waals surface area contributed by atoms with Gasteiger partial charge >= 0.3 is 134 Å². The molecule has 0 unspecified atom stereocenters. The van der Waals surface area contributed by atoms with Crippen molar-refractivity contribution in [3.05, 3.63) is 23.8 Å². The molecule has 0 heterocycles. The number of nitrogens with one attached hydrogen (secondary N) is 2. The normalized spacial score (nSPS) is 11.8. The van der Waals surface area contributed by atoms with Gasteiger partial charge in [-0.05, 0) is 0 Å². The van der Waals surface area contributed by atoms with Crippen LogP contribution in [0.4, 0.5) is 4.79 Å². The minimum atomic E-state index is -0.704. The first kappa shape index (κ1) is 17.5. The summed E-state index contributed by atoms with van der Waals surface area (Å²) in [6.07, 6.45) is -0.125. The second kappa shape index (κ2) is 8.67. The summed E-state index contributed by atoms with van der Waals surface area (Å²) in [6, 6.07) is 4.72. The fraction of sp³-hybridized carbons (Fsp3) is 0.385. The van der Waals surface area contributed by atoms with E-state index in [9.17, 15) is 9.90 Å². The van der Waals surface area contributed by atoms with Crippen LogP contribution in [0.15, 0.2) is 18.2 Å². The van der Waals surface area contributed by atoms with E-state index in [0.29, 0.717) is 13.0 Å². The van der Waals surface area contributed by atoms with E-state index < -0.39 is 27.6 Å². The zero-order chi connectivity index (χ0) is 15.8. The predicted octanol–water partition coefficient (Wildman–Crippen LogP) is -2.00. The van der Waals surface area contributed by atoms with Gasteiger partial charge in [0, 0.05) is 0 Å². The van der Waals surface area contributed by atoms with E-state index in [1.54, 1.807) is 19.1 Å². The molecule has 8 heteroatoms. The zero-order valence-electron chi connectivity index (χ0n) is 11.9. The predicted molar refractivity (Wildman–Crippen MR) is 74.2 cm³/mol. The second-order valence-corrected chi connectivity index (χ2v) is 6.31. The molecule has 0 aliphatic carbocycles. The number of phenols is 1. The zero-order valence-corrected chi connectivity index (χ0v) is 14.0. The van der Waals surface area contributed by atoms with Crippen LogP contribution in [0.2, 0.25) is 0 Å². The molecule has 0 bridgehead atoms. The van der Waals surface area contributed by atoms with Crippen LogP contribution in [0.25, 0.3) is 0 Å². The number of ether oxygens (including phenoxy) is 2. The molecule has 0 aliphatic heterocycles. The number of rotatable bonds is 6. The van der Waals surface area contributed by atoms with Gasteiger partial charge in [-0.3, -0.25) is 0 Å². The third kappa shape index (κ3) is 5.38. The number of nitrogens with two attached hydrogens (primary N) is 1. The van der Waals surface area contributed by atoms with Gasteiger partial charge in [0.25, 0.3) is 0 Å². The van der Waals surface area contributed by atoms with E-state index in [4.69, 9.17) is 18.8 Å².